The lowest BCUT2D eigenvalue weighted by atomic mass is 9.76. The molecule has 2 aromatic heterocycles. The van der Waals surface area contributed by atoms with Crippen molar-refractivity contribution in [1.29, 1.82) is 0 Å². The summed E-state index contributed by atoms with van der Waals surface area (Å²) in [5, 5.41) is 4.35. The predicted octanol–water partition coefficient (Wildman–Crippen LogP) is 14.1. The van der Waals surface area contributed by atoms with Gasteiger partial charge in [-0.1, -0.05) is 127 Å². The molecule has 3 nitrogen and oxygen atoms in total. The van der Waals surface area contributed by atoms with Gasteiger partial charge in [0.05, 0.1) is 11.1 Å². The molecule has 0 bridgehead atoms. The Kier molecular flexibility index (Phi) is 6.68. The molecular weight excluding hydrogens is 647 g/mol. The molecule has 250 valence electrons. The molecule has 0 fully saturated rings. The van der Waals surface area contributed by atoms with Crippen molar-refractivity contribution in [2.24, 2.45) is 5.92 Å². The molecule has 0 aliphatic heterocycles. The van der Waals surface area contributed by atoms with E-state index in [9.17, 15) is 0 Å². The Morgan fingerprint density at radius 2 is 1.19 bits per heavy atom. The van der Waals surface area contributed by atoms with Gasteiger partial charge in [-0.15, -0.1) is 0 Å². The van der Waals surface area contributed by atoms with E-state index >= 15 is 0 Å². The van der Waals surface area contributed by atoms with Crippen LogP contribution in [-0.2, 0) is 0 Å². The Morgan fingerprint density at radius 1 is 0.472 bits per heavy atom. The highest BCUT2D eigenvalue weighted by molar-refractivity contribution is 6.17. The Labute approximate surface area is 307 Å². The molecule has 2 atom stereocenters. The molecule has 0 radical (unpaired) electrons. The van der Waals surface area contributed by atoms with Crippen LogP contribution in [-0.4, -0.2) is 0 Å². The highest BCUT2D eigenvalue weighted by Crippen LogP contribution is 2.47. The predicted molar refractivity (Wildman–Crippen MR) is 220 cm³/mol. The van der Waals surface area contributed by atoms with Crippen molar-refractivity contribution in [3.63, 3.8) is 0 Å². The maximum atomic E-state index is 6.72. The molecule has 53 heavy (non-hydrogen) atoms. The first kappa shape index (κ1) is 29.8. The highest BCUT2D eigenvalue weighted by atomic mass is 16.3. The van der Waals surface area contributed by atoms with Crippen LogP contribution in [0, 0.1) is 5.92 Å². The number of hydrogen-bond donors (Lipinski definition) is 0. The number of para-hydroxylation sites is 2. The topological polar surface area (TPSA) is 29.5 Å². The van der Waals surface area contributed by atoms with Gasteiger partial charge in [0.15, 0.2) is 0 Å². The van der Waals surface area contributed by atoms with Crippen molar-refractivity contribution in [2.75, 3.05) is 4.90 Å². The minimum Gasteiger partial charge on any atom is -0.456 e. The van der Waals surface area contributed by atoms with Crippen LogP contribution >= 0.6 is 0 Å². The summed E-state index contributed by atoms with van der Waals surface area (Å²) in [5.41, 5.74) is 13.9. The number of hydrogen-bond acceptors (Lipinski definition) is 3. The van der Waals surface area contributed by atoms with Crippen molar-refractivity contribution in [3.8, 4) is 22.3 Å². The standard InChI is InChI=1S/C50H33NO2/c1-2-10-33(11-3-1)41-27-28-45(49-43-15-7-9-17-47(43)53-50(41)49)51(38-25-29-48-44(31-38)42-14-6-8-16-46(42)52-48)37-23-20-32(21-24-37)35-22-26-40-36(30-35)19-18-34-12-4-5-13-39(34)40/h1-31,34,39H. The van der Waals surface area contributed by atoms with E-state index in [1.54, 1.807) is 0 Å². The number of anilines is 3. The maximum Gasteiger partial charge on any atom is 0.145 e. The quantitative estimate of drug-likeness (QED) is 0.181. The fourth-order valence-corrected chi connectivity index (χ4v) is 8.46. The van der Waals surface area contributed by atoms with Gasteiger partial charge in [-0.3, -0.25) is 0 Å². The van der Waals surface area contributed by atoms with Crippen LogP contribution in [0.15, 0.2) is 191 Å². The third kappa shape index (κ3) is 4.82. The smallest absolute Gasteiger partial charge is 0.145 e. The summed E-state index contributed by atoms with van der Waals surface area (Å²) in [7, 11) is 0. The number of allylic oxidation sites excluding steroid dienone is 5. The van der Waals surface area contributed by atoms with Gasteiger partial charge >= 0.3 is 0 Å². The third-order valence-corrected chi connectivity index (χ3v) is 11.0. The van der Waals surface area contributed by atoms with Crippen LogP contribution in [0.2, 0.25) is 0 Å². The van der Waals surface area contributed by atoms with Gasteiger partial charge in [0.1, 0.15) is 22.3 Å². The fraction of sp³-hybridized carbons (Fsp3) is 0.0400. The molecule has 9 aromatic rings. The van der Waals surface area contributed by atoms with Gasteiger partial charge < -0.3 is 13.7 Å². The zero-order valence-electron chi connectivity index (χ0n) is 28.8. The van der Waals surface area contributed by atoms with Gasteiger partial charge in [0.25, 0.3) is 0 Å². The molecule has 0 amide bonds. The van der Waals surface area contributed by atoms with Crippen molar-refractivity contribution in [3.05, 3.63) is 193 Å². The van der Waals surface area contributed by atoms with Crippen LogP contribution < -0.4 is 4.90 Å². The lowest BCUT2D eigenvalue weighted by Gasteiger charge is -2.28. The lowest BCUT2D eigenvalue weighted by molar-refractivity contribution is 0.669. The second-order valence-corrected chi connectivity index (χ2v) is 14.0. The second kappa shape index (κ2) is 11.9. The van der Waals surface area contributed by atoms with Crippen LogP contribution in [0.1, 0.15) is 17.0 Å². The van der Waals surface area contributed by atoms with Crippen LogP contribution in [0.5, 0.6) is 0 Å². The second-order valence-electron chi connectivity index (χ2n) is 14.0. The normalized spacial score (nSPS) is 16.1. The maximum absolute atomic E-state index is 6.72. The van der Waals surface area contributed by atoms with Crippen LogP contribution in [0.25, 0.3) is 72.2 Å². The van der Waals surface area contributed by atoms with E-state index in [4.69, 9.17) is 8.83 Å². The molecule has 0 spiro atoms. The summed E-state index contributed by atoms with van der Waals surface area (Å²) in [5.74, 6) is 0.835. The highest BCUT2D eigenvalue weighted by Gasteiger charge is 2.25. The van der Waals surface area contributed by atoms with Crippen molar-refractivity contribution >= 4 is 67.0 Å². The van der Waals surface area contributed by atoms with Gasteiger partial charge in [-0.05, 0) is 88.5 Å². The van der Waals surface area contributed by atoms with E-state index in [0.717, 1.165) is 72.1 Å². The molecule has 2 heterocycles. The molecule has 2 aliphatic rings. The summed E-state index contributed by atoms with van der Waals surface area (Å²) in [6.07, 6.45) is 13.6. The summed E-state index contributed by atoms with van der Waals surface area (Å²) >= 11 is 0. The van der Waals surface area contributed by atoms with Crippen molar-refractivity contribution < 1.29 is 8.83 Å². The zero-order valence-corrected chi connectivity index (χ0v) is 28.8. The van der Waals surface area contributed by atoms with Gasteiger partial charge in [-0.25, -0.2) is 0 Å². The first-order chi connectivity index (χ1) is 26.3. The van der Waals surface area contributed by atoms with E-state index in [1.807, 2.05) is 18.2 Å². The first-order valence-corrected chi connectivity index (χ1v) is 18.3. The average Bonchev–Trinajstić information content (AvgIpc) is 3.80. The van der Waals surface area contributed by atoms with E-state index in [0.29, 0.717) is 11.8 Å². The largest absolute Gasteiger partial charge is 0.456 e. The number of benzene rings is 7. The summed E-state index contributed by atoms with van der Waals surface area (Å²) < 4.78 is 13.0. The molecule has 2 aliphatic carbocycles. The number of rotatable bonds is 5. The number of fused-ring (bicyclic) bond motifs is 9. The van der Waals surface area contributed by atoms with E-state index in [2.05, 4.69) is 175 Å². The minimum absolute atomic E-state index is 0.402. The molecule has 3 heteroatoms. The molecule has 7 aromatic carbocycles. The molecule has 0 saturated heterocycles. The van der Waals surface area contributed by atoms with E-state index in [-0.39, 0.29) is 0 Å². The molecule has 0 saturated carbocycles. The van der Waals surface area contributed by atoms with Gasteiger partial charge in [0.2, 0.25) is 0 Å². The molecule has 11 rings (SSSR count). The molecule has 2 unspecified atom stereocenters. The SMILES string of the molecule is C1=CC2C=Cc3cc(-c4ccc(N(c5ccc6oc7ccccc7c6c5)c5ccc(-c6ccccc6)c6oc7ccccc7c56)cc4)ccc3C2C=C1. The van der Waals surface area contributed by atoms with E-state index < -0.39 is 0 Å². The summed E-state index contributed by atoms with van der Waals surface area (Å²) in [6, 6.07) is 54.0. The molecular formula is C50H33NO2. The number of furan rings is 2. The Morgan fingerprint density at radius 3 is 2.06 bits per heavy atom. The van der Waals surface area contributed by atoms with Crippen LogP contribution in [0.3, 0.4) is 0 Å². The van der Waals surface area contributed by atoms with Gasteiger partial charge in [0, 0.05) is 44.9 Å². The minimum atomic E-state index is 0.402. The molecule has 0 N–H and O–H groups in total. The summed E-state index contributed by atoms with van der Waals surface area (Å²) in [4.78, 5) is 2.36. The Hall–Kier alpha value is -6.84. The fourth-order valence-electron chi connectivity index (χ4n) is 8.46. The first-order valence-electron chi connectivity index (χ1n) is 18.3. The zero-order chi connectivity index (χ0) is 34.9. The lowest BCUT2D eigenvalue weighted by Crippen LogP contribution is -2.13. The average molecular weight is 680 g/mol. The van der Waals surface area contributed by atoms with E-state index in [1.165, 1.54) is 22.3 Å². The Balaban J connectivity index is 1.09. The monoisotopic (exact) mass is 679 g/mol. The van der Waals surface area contributed by atoms with Crippen molar-refractivity contribution in [1.82, 2.24) is 0 Å². The third-order valence-electron chi connectivity index (χ3n) is 11.0. The van der Waals surface area contributed by atoms with Crippen LogP contribution in [0.4, 0.5) is 17.1 Å². The number of nitrogens with zero attached hydrogens (tertiary/aromatic N) is 1. The Bertz CT molecular complexity index is 2960. The van der Waals surface area contributed by atoms with Crippen molar-refractivity contribution in [2.45, 2.75) is 5.92 Å². The summed E-state index contributed by atoms with van der Waals surface area (Å²) in [6.45, 7) is 0. The van der Waals surface area contributed by atoms with Gasteiger partial charge in [-0.2, -0.15) is 0 Å².